The van der Waals surface area contributed by atoms with E-state index in [1.165, 1.54) is 36.4 Å². The average molecular weight is 403 g/mol. The molecule has 1 fully saturated rings. The number of benzene rings is 3. The Morgan fingerprint density at radius 1 is 0.767 bits per heavy atom. The van der Waals surface area contributed by atoms with Crippen LogP contribution in [0.15, 0.2) is 72.8 Å². The normalized spacial score (nSPS) is 12.8. The van der Waals surface area contributed by atoms with Crippen molar-refractivity contribution in [3.63, 3.8) is 0 Å². The molecule has 0 radical (unpaired) electrons. The van der Waals surface area contributed by atoms with Crippen molar-refractivity contribution in [3.05, 3.63) is 95.3 Å². The number of carbonyl (C=O) groups is 3. The molecule has 4 rings (SSSR count). The van der Waals surface area contributed by atoms with Gasteiger partial charge in [-0.25, -0.2) is 9.18 Å². The van der Waals surface area contributed by atoms with Crippen LogP contribution in [0.4, 0.5) is 10.1 Å². The van der Waals surface area contributed by atoms with Crippen molar-refractivity contribution in [1.29, 1.82) is 0 Å². The molecule has 3 aromatic rings. The lowest BCUT2D eigenvalue weighted by Gasteiger charge is -2.07. The molecule has 0 bridgehead atoms. The predicted octanol–water partition coefficient (Wildman–Crippen LogP) is 4.62. The second-order valence-corrected chi connectivity index (χ2v) is 7.09. The van der Waals surface area contributed by atoms with Gasteiger partial charge in [-0.2, -0.15) is 0 Å². The number of nitrogens with one attached hydrogen (secondary N) is 1. The lowest BCUT2D eigenvalue weighted by Crippen LogP contribution is -2.13. The summed E-state index contributed by atoms with van der Waals surface area (Å²) >= 11 is 0. The van der Waals surface area contributed by atoms with Gasteiger partial charge in [0.2, 0.25) is 5.91 Å². The summed E-state index contributed by atoms with van der Waals surface area (Å²) in [5.74, 6) is -0.813. The van der Waals surface area contributed by atoms with Gasteiger partial charge in [-0.15, -0.1) is 0 Å². The summed E-state index contributed by atoms with van der Waals surface area (Å²) in [7, 11) is 0. The Morgan fingerprint density at radius 2 is 1.30 bits per heavy atom. The third kappa shape index (κ3) is 4.60. The highest BCUT2D eigenvalue weighted by Crippen LogP contribution is 2.30. The fraction of sp³-hybridized carbons (Fsp3) is 0.125. The van der Waals surface area contributed by atoms with Crippen molar-refractivity contribution in [2.75, 3.05) is 5.32 Å². The number of halogens is 1. The van der Waals surface area contributed by atoms with Crippen molar-refractivity contribution in [2.24, 2.45) is 5.92 Å². The number of amides is 1. The quantitative estimate of drug-likeness (QED) is 0.370. The van der Waals surface area contributed by atoms with Gasteiger partial charge >= 0.3 is 5.97 Å². The third-order valence-electron chi connectivity index (χ3n) is 4.77. The average Bonchev–Trinajstić information content (AvgIpc) is 3.60. The maximum absolute atomic E-state index is 13.0. The van der Waals surface area contributed by atoms with E-state index >= 15 is 0 Å². The zero-order chi connectivity index (χ0) is 21.1. The van der Waals surface area contributed by atoms with Crippen LogP contribution in [0.3, 0.4) is 0 Å². The van der Waals surface area contributed by atoms with Gasteiger partial charge < -0.3 is 10.1 Å². The van der Waals surface area contributed by atoms with Crippen LogP contribution < -0.4 is 10.1 Å². The summed E-state index contributed by atoms with van der Waals surface area (Å²) < 4.78 is 18.3. The Morgan fingerprint density at radius 3 is 1.87 bits per heavy atom. The lowest BCUT2D eigenvalue weighted by atomic mass is 10.0. The Kier molecular flexibility index (Phi) is 5.39. The molecular formula is C24H18FNO4. The lowest BCUT2D eigenvalue weighted by molar-refractivity contribution is -0.117. The van der Waals surface area contributed by atoms with Crippen molar-refractivity contribution < 1.29 is 23.5 Å². The Bertz CT molecular complexity index is 1090. The zero-order valence-corrected chi connectivity index (χ0v) is 15.9. The third-order valence-corrected chi connectivity index (χ3v) is 4.77. The van der Waals surface area contributed by atoms with Gasteiger partial charge in [-0.1, -0.05) is 0 Å². The molecule has 1 amide bonds. The molecule has 0 unspecified atom stereocenters. The van der Waals surface area contributed by atoms with Crippen LogP contribution in [0.1, 0.15) is 39.1 Å². The molecule has 150 valence electrons. The number of rotatable bonds is 6. The monoisotopic (exact) mass is 403 g/mol. The predicted molar refractivity (Wildman–Crippen MR) is 109 cm³/mol. The fourth-order valence-corrected chi connectivity index (χ4v) is 2.89. The van der Waals surface area contributed by atoms with Gasteiger partial charge in [0, 0.05) is 22.7 Å². The van der Waals surface area contributed by atoms with Crippen LogP contribution in [0.2, 0.25) is 0 Å². The molecule has 1 N–H and O–H groups in total. The summed E-state index contributed by atoms with van der Waals surface area (Å²) in [6.45, 7) is 0. The van der Waals surface area contributed by atoms with E-state index in [-0.39, 0.29) is 17.6 Å². The number of carbonyl (C=O) groups excluding carboxylic acids is 3. The maximum Gasteiger partial charge on any atom is 0.343 e. The minimum atomic E-state index is -0.548. The van der Waals surface area contributed by atoms with Gasteiger partial charge in [-0.3, -0.25) is 9.59 Å². The van der Waals surface area contributed by atoms with Crippen LogP contribution in [0, 0.1) is 11.7 Å². The van der Waals surface area contributed by atoms with E-state index in [0.29, 0.717) is 28.1 Å². The fourth-order valence-electron chi connectivity index (χ4n) is 2.89. The van der Waals surface area contributed by atoms with E-state index < -0.39 is 11.8 Å². The first-order chi connectivity index (χ1) is 14.5. The smallest absolute Gasteiger partial charge is 0.343 e. The van der Waals surface area contributed by atoms with Gasteiger partial charge in [0.15, 0.2) is 5.78 Å². The van der Waals surface area contributed by atoms with E-state index in [0.717, 1.165) is 12.8 Å². The molecule has 1 aliphatic carbocycles. The summed E-state index contributed by atoms with van der Waals surface area (Å²) in [6.07, 6.45) is 1.84. The highest BCUT2D eigenvalue weighted by Gasteiger charge is 2.29. The first kappa shape index (κ1) is 19.5. The maximum atomic E-state index is 13.0. The SMILES string of the molecule is O=C(Oc1ccc(C(=O)c2ccc(F)cc2)cc1)c1ccc(NC(=O)C2CC2)cc1. The first-order valence-electron chi connectivity index (χ1n) is 9.53. The summed E-state index contributed by atoms with van der Waals surface area (Å²) in [6, 6.07) is 17.9. The van der Waals surface area contributed by atoms with Gasteiger partial charge in [-0.05, 0) is 85.6 Å². The Labute approximate surface area is 172 Å². The standard InChI is InChI=1S/C24H18FNO4/c25-19-9-3-15(4-10-19)22(27)16-7-13-21(14-8-16)30-24(29)18-5-11-20(12-6-18)26-23(28)17-1-2-17/h3-14,17H,1-2H2,(H,26,28). The van der Waals surface area contributed by atoms with Crippen molar-refractivity contribution >= 4 is 23.3 Å². The Hall–Kier alpha value is -3.80. The molecule has 3 aromatic carbocycles. The van der Waals surface area contributed by atoms with E-state index in [2.05, 4.69) is 5.32 Å². The number of hydrogen-bond acceptors (Lipinski definition) is 4. The van der Waals surface area contributed by atoms with E-state index in [1.54, 1.807) is 36.4 Å². The molecule has 6 heteroatoms. The topological polar surface area (TPSA) is 72.5 Å². The second-order valence-electron chi connectivity index (χ2n) is 7.09. The zero-order valence-electron chi connectivity index (χ0n) is 15.9. The van der Waals surface area contributed by atoms with Gasteiger partial charge in [0.05, 0.1) is 5.56 Å². The molecule has 30 heavy (non-hydrogen) atoms. The molecule has 1 aliphatic rings. The molecule has 1 saturated carbocycles. The molecule has 5 nitrogen and oxygen atoms in total. The molecule has 0 atom stereocenters. The van der Waals surface area contributed by atoms with Crippen LogP contribution in [0.5, 0.6) is 5.75 Å². The van der Waals surface area contributed by atoms with Crippen molar-refractivity contribution in [2.45, 2.75) is 12.8 Å². The molecule has 0 saturated heterocycles. The molecule has 0 aromatic heterocycles. The van der Waals surface area contributed by atoms with E-state index in [1.807, 2.05) is 0 Å². The number of hydrogen-bond donors (Lipinski definition) is 1. The number of anilines is 1. The molecule has 0 aliphatic heterocycles. The second kappa shape index (κ2) is 8.29. The molecular weight excluding hydrogens is 385 g/mol. The number of ketones is 1. The van der Waals surface area contributed by atoms with E-state index in [9.17, 15) is 18.8 Å². The summed E-state index contributed by atoms with van der Waals surface area (Å²) in [4.78, 5) is 36.5. The summed E-state index contributed by atoms with van der Waals surface area (Å²) in [5, 5.41) is 2.81. The van der Waals surface area contributed by atoms with Crippen LogP contribution in [-0.4, -0.2) is 17.7 Å². The largest absolute Gasteiger partial charge is 0.423 e. The van der Waals surface area contributed by atoms with Gasteiger partial charge in [0.1, 0.15) is 11.6 Å². The van der Waals surface area contributed by atoms with Gasteiger partial charge in [0.25, 0.3) is 0 Å². The minimum Gasteiger partial charge on any atom is -0.423 e. The number of ether oxygens (including phenoxy) is 1. The number of esters is 1. The van der Waals surface area contributed by atoms with Crippen LogP contribution in [-0.2, 0) is 4.79 Å². The Balaban J connectivity index is 1.37. The molecule has 0 heterocycles. The summed E-state index contributed by atoms with van der Waals surface area (Å²) in [5.41, 5.74) is 1.74. The highest BCUT2D eigenvalue weighted by molar-refractivity contribution is 6.09. The first-order valence-corrected chi connectivity index (χ1v) is 9.53. The van der Waals surface area contributed by atoms with Crippen molar-refractivity contribution in [1.82, 2.24) is 0 Å². The van der Waals surface area contributed by atoms with E-state index in [4.69, 9.17) is 4.74 Å². The van der Waals surface area contributed by atoms with Crippen LogP contribution >= 0.6 is 0 Å². The minimum absolute atomic E-state index is 0.000556. The van der Waals surface area contributed by atoms with Crippen LogP contribution in [0.25, 0.3) is 0 Å². The highest BCUT2D eigenvalue weighted by atomic mass is 19.1. The van der Waals surface area contributed by atoms with Crippen molar-refractivity contribution in [3.8, 4) is 5.75 Å². The molecule has 0 spiro atoms.